The summed E-state index contributed by atoms with van der Waals surface area (Å²) in [5.41, 5.74) is 1.85. The number of likely N-dealkylation sites (tertiary alicyclic amines) is 1. The second-order valence-corrected chi connectivity index (χ2v) is 8.99. The van der Waals surface area contributed by atoms with Crippen LogP contribution < -0.4 is 5.32 Å². The molecule has 4 rings (SSSR count). The summed E-state index contributed by atoms with van der Waals surface area (Å²) in [5, 5.41) is 33.0. The first-order chi connectivity index (χ1) is 19.2. The van der Waals surface area contributed by atoms with Gasteiger partial charge in [-0.2, -0.15) is 4.98 Å². The molecule has 210 valence electrons. The van der Waals surface area contributed by atoms with Crippen LogP contribution in [0.5, 0.6) is 0 Å². The lowest BCUT2D eigenvalue weighted by Crippen LogP contribution is -2.34. The fraction of sp³-hybridized carbons (Fsp3) is 0.296. The van der Waals surface area contributed by atoms with Crippen molar-refractivity contribution < 1.29 is 34.0 Å². The highest BCUT2D eigenvalue weighted by Gasteiger charge is 2.21. The molecule has 0 unspecified atom stereocenters. The number of carboxylic acid groups (broad SMARTS) is 2. The number of nitrogens with zero attached hydrogens (tertiary/aromatic N) is 4. The van der Waals surface area contributed by atoms with Crippen molar-refractivity contribution in [1.29, 1.82) is 0 Å². The number of nitro groups is 1. The van der Waals surface area contributed by atoms with Crippen molar-refractivity contribution >= 4 is 23.5 Å². The number of benzene rings is 2. The fourth-order valence-corrected chi connectivity index (χ4v) is 4.05. The largest absolute Gasteiger partial charge is 0.478 e. The van der Waals surface area contributed by atoms with Crippen LogP contribution in [0.15, 0.2) is 71.3 Å². The smallest absolute Gasteiger partial charge is 0.328 e. The Labute approximate surface area is 229 Å². The van der Waals surface area contributed by atoms with Crippen LogP contribution in [0, 0.1) is 16.0 Å². The van der Waals surface area contributed by atoms with Gasteiger partial charge in [0.15, 0.2) is 0 Å². The van der Waals surface area contributed by atoms with E-state index in [1.807, 2.05) is 6.07 Å². The van der Waals surface area contributed by atoms with Gasteiger partial charge in [-0.1, -0.05) is 35.5 Å². The van der Waals surface area contributed by atoms with E-state index < -0.39 is 22.8 Å². The lowest BCUT2D eigenvalue weighted by Gasteiger charge is -2.32. The summed E-state index contributed by atoms with van der Waals surface area (Å²) >= 11 is 0. The van der Waals surface area contributed by atoms with Crippen molar-refractivity contribution in [3.05, 3.63) is 88.3 Å². The van der Waals surface area contributed by atoms with E-state index >= 15 is 0 Å². The van der Waals surface area contributed by atoms with Crippen LogP contribution in [0.3, 0.4) is 0 Å². The molecule has 0 saturated carbocycles. The van der Waals surface area contributed by atoms with E-state index in [0.717, 1.165) is 38.9 Å². The number of aromatic nitrogens is 2. The number of non-ortho nitro benzene ring substituents is 1. The first kappa shape index (κ1) is 29.6. The van der Waals surface area contributed by atoms with Gasteiger partial charge in [0.1, 0.15) is 0 Å². The first-order valence-electron chi connectivity index (χ1n) is 12.5. The third-order valence-electron chi connectivity index (χ3n) is 6.12. The van der Waals surface area contributed by atoms with Crippen molar-refractivity contribution in [1.82, 2.24) is 20.4 Å². The number of hydrogen-bond acceptors (Lipinski definition) is 9. The molecule has 0 bridgehead atoms. The number of amides is 1. The molecule has 2 heterocycles. The Morgan fingerprint density at radius 3 is 2.23 bits per heavy atom. The van der Waals surface area contributed by atoms with Gasteiger partial charge in [-0.25, -0.2) is 9.59 Å². The van der Waals surface area contributed by atoms with E-state index in [-0.39, 0.29) is 17.4 Å². The van der Waals surface area contributed by atoms with Crippen LogP contribution in [-0.2, 0) is 16.1 Å². The molecule has 0 radical (unpaired) electrons. The maximum atomic E-state index is 12.3. The molecular weight excluding hydrogens is 522 g/mol. The molecule has 1 aromatic heterocycles. The van der Waals surface area contributed by atoms with Crippen molar-refractivity contribution in [2.75, 3.05) is 19.6 Å². The topological polar surface area (TPSA) is 189 Å². The number of rotatable bonds is 10. The van der Waals surface area contributed by atoms with E-state index in [1.54, 1.807) is 0 Å². The number of nitrogens with one attached hydrogen (secondary N) is 1. The minimum Gasteiger partial charge on any atom is -0.478 e. The molecule has 0 spiro atoms. The second kappa shape index (κ2) is 14.9. The number of carbonyl (C=O) groups is 3. The Hall–Kier alpha value is -4.91. The van der Waals surface area contributed by atoms with Crippen molar-refractivity contribution in [2.45, 2.75) is 25.8 Å². The molecule has 13 nitrogen and oxygen atoms in total. The molecule has 2 aromatic carbocycles. The molecule has 1 aliphatic heterocycles. The molecule has 3 aromatic rings. The number of aliphatic carboxylic acids is 2. The highest BCUT2D eigenvalue weighted by atomic mass is 16.6. The highest BCUT2D eigenvalue weighted by Crippen LogP contribution is 2.22. The quantitative estimate of drug-likeness (QED) is 0.190. The van der Waals surface area contributed by atoms with Crippen LogP contribution in [0.4, 0.5) is 5.69 Å². The fourth-order valence-electron chi connectivity index (χ4n) is 4.05. The Morgan fingerprint density at radius 1 is 1.02 bits per heavy atom. The van der Waals surface area contributed by atoms with E-state index in [0.29, 0.717) is 30.2 Å². The van der Waals surface area contributed by atoms with Gasteiger partial charge in [-0.15, -0.1) is 0 Å². The van der Waals surface area contributed by atoms with Crippen molar-refractivity contribution in [3.8, 4) is 11.4 Å². The standard InChI is InChI=1S/C23H25N5O4.C4H4O4/c29-22(23-25-21(26-32-23)19-6-8-20(9-7-19)28(30)31)24-13-10-17-11-14-27(15-12-17)16-18-4-2-1-3-5-18;5-3(6)1-2-4(7)8/h1-9,17H,10-16H2,(H,24,29);1-2H,(H,5,6)(H,7,8). The van der Waals surface area contributed by atoms with E-state index in [1.165, 1.54) is 29.8 Å². The summed E-state index contributed by atoms with van der Waals surface area (Å²) in [6.07, 6.45) is 4.26. The van der Waals surface area contributed by atoms with E-state index in [2.05, 4.69) is 44.6 Å². The molecule has 0 aliphatic carbocycles. The highest BCUT2D eigenvalue weighted by molar-refractivity contribution is 5.90. The lowest BCUT2D eigenvalue weighted by atomic mass is 9.93. The second-order valence-electron chi connectivity index (χ2n) is 8.99. The number of piperidine rings is 1. The van der Waals surface area contributed by atoms with Gasteiger partial charge in [0.25, 0.3) is 5.69 Å². The Bertz CT molecular complexity index is 1300. The summed E-state index contributed by atoms with van der Waals surface area (Å²) in [7, 11) is 0. The normalized spacial score (nSPS) is 13.8. The zero-order chi connectivity index (χ0) is 28.9. The van der Waals surface area contributed by atoms with Crippen molar-refractivity contribution in [3.63, 3.8) is 0 Å². The molecule has 3 N–H and O–H groups in total. The molecule has 1 saturated heterocycles. The molecule has 40 heavy (non-hydrogen) atoms. The molecule has 0 atom stereocenters. The Balaban J connectivity index is 0.000000482. The maximum absolute atomic E-state index is 12.3. The average Bonchev–Trinajstić information content (AvgIpc) is 3.44. The van der Waals surface area contributed by atoms with Crippen LogP contribution in [0.2, 0.25) is 0 Å². The summed E-state index contributed by atoms with van der Waals surface area (Å²) in [6, 6.07) is 16.3. The lowest BCUT2D eigenvalue weighted by molar-refractivity contribution is -0.384. The molecular formula is C27H29N5O8. The zero-order valence-corrected chi connectivity index (χ0v) is 21.5. The summed E-state index contributed by atoms with van der Waals surface area (Å²) in [4.78, 5) is 48.3. The van der Waals surface area contributed by atoms with Crippen LogP contribution in [0.1, 0.15) is 35.5 Å². The van der Waals surface area contributed by atoms with Crippen LogP contribution in [-0.4, -0.2) is 67.7 Å². The number of carbonyl (C=O) groups excluding carboxylic acids is 1. The van der Waals surface area contributed by atoms with E-state index in [4.69, 9.17) is 14.7 Å². The Morgan fingerprint density at radius 2 is 1.65 bits per heavy atom. The monoisotopic (exact) mass is 551 g/mol. The third kappa shape index (κ3) is 9.76. The minimum atomic E-state index is -1.26. The molecule has 1 amide bonds. The SMILES string of the molecule is O=C(NCCC1CCN(Cc2ccccc2)CC1)c1nc(-c2ccc([N+](=O)[O-])cc2)no1.O=C(O)C=CC(=O)O. The average molecular weight is 552 g/mol. The number of carboxylic acids is 2. The van der Waals surface area contributed by atoms with Gasteiger partial charge in [0, 0.05) is 42.9 Å². The van der Waals surface area contributed by atoms with Crippen molar-refractivity contribution in [2.24, 2.45) is 5.92 Å². The van der Waals surface area contributed by atoms with Gasteiger partial charge in [-0.05, 0) is 56.0 Å². The first-order valence-corrected chi connectivity index (χ1v) is 12.5. The number of nitro benzene ring substituents is 1. The van der Waals surface area contributed by atoms with Gasteiger partial charge < -0.3 is 20.1 Å². The van der Waals surface area contributed by atoms with Gasteiger partial charge >= 0.3 is 23.7 Å². The third-order valence-corrected chi connectivity index (χ3v) is 6.12. The Kier molecular flexibility index (Phi) is 11.0. The molecule has 1 aliphatic rings. The predicted octanol–water partition coefficient (Wildman–Crippen LogP) is 3.39. The summed E-state index contributed by atoms with van der Waals surface area (Å²) in [5.74, 6) is -2.24. The van der Waals surface area contributed by atoms with Gasteiger partial charge in [0.2, 0.25) is 5.82 Å². The minimum absolute atomic E-state index is 0.0267. The maximum Gasteiger partial charge on any atom is 0.328 e. The number of hydrogen-bond donors (Lipinski definition) is 3. The predicted molar refractivity (Wildman–Crippen MR) is 142 cm³/mol. The summed E-state index contributed by atoms with van der Waals surface area (Å²) in [6.45, 7) is 3.67. The molecule has 13 heteroatoms. The van der Waals surface area contributed by atoms with Crippen LogP contribution in [0.25, 0.3) is 11.4 Å². The van der Waals surface area contributed by atoms with Gasteiger partial charge in [-0.3, -0.25) is 19.8 Å². The zero-order valence-electron chi connectivity index (χ0n) is 21.5. The summed E-state index contributed by atoms with van der Waals surface area (Å²) < 4.78 is 5.06. The van der Waals surface area contributed by atoms with E-state index in [9.17, 15) is 24.5 Å². The van der Waals surface area contributed by atoms with Gasteiger partial charge in [0.05, 0.1) is 4.92 Å². The van der Waals surface area contributed by atoms with Crippen LogP contribution >= 0.6 is 0 Å². The molecule has 1 fully saturated rings.